The van der Waals surface area contributed by atoms with Crippen LogP contribution in [0, 0.1) is 0 Å². The minimum absolute atomic E-state index is 0.0970. The van der Waals surface area contributed by atoms with Crippen molar-refractivity contribution in [1.29, 1.82) is 0 Å². The van der Waals surface area contributed by atoms with Gasteiger partial charge >= 0.3 is 7.82 Å². The summed E-state index contributed by atoms with van der Waals surface area (Å²) in [5.74, 6) is -2.51. The highest BCUT2D eigenvalue weighted by Crippen LogP contribution is 2.49. The van der Waals surface area contributed by atoms with Crippen LogP contribution in [0.15, 0.2) is 72.8 Å². The first-order valence-corrected chi connectivity index (χ1v) is 15.1. The van der Waals surface area contributed by atoms with Gasteiger partial charge in [0.2, 0.25) is 0 Å². The van der Waals surface area contributed by atoms with Crippen LogP contribution in [0.3, 0.4) is 0 Å². The maximum absolute atomic E-state index is 13.1. The summed E-state index contributed by atoms with van der Waals surface area (Å²) in [6, 6.07) is 17.0. The number of phosphoric acid groups is 1. The number of ketones is 2. The highest BCUT2D eigenvalue weighted by atomic mass is 31.2. The molecule has 0 aromatic heterocycles. The maximum atomic E-state index is 13.1. The predicted molar refractivity (Wildman–Crippen MR) is 162 cm³/mol. The highest BCUT2D eigenvalue weighted by molar-refractivity contribution is 7.48. The first-order valence-electron chi connectivity index (χ1n) is 13.6. The fraction of sp³-hybridized carbons (Fsp3) is 0.188. The van der Waals surface area contributed by atoms with E-state index in [9.17, 15) is 39.5 Å². The minimum atomic E-state index is -4.88. The number of methoxy groups -OCH3 is 2. The second-order valence-electron chi connectivity index (χ2n) is 9.81. The molecule has 0 aliphatic rings. The predicted octanol–water partition coefficient (Wildman–Crippen LogP) is 5.72. The number of Topliss-reactive ketones (excluding diaryl/α,β-unsaturated/α-hetero) is 2. The van der Waals surface area contributed by atoms with Crippen LogP contribution in [0.1, 0.15) is 44.7 Å². The Labute approximate surface area is 258 Å². The molecule has 0 spiro atoms. The Kier molecular flexibility index (Phi) is 10.2. The molecule has 0 aliphatic heterocycles. The van der Waals surface area contributed by atoms with Crippen LogP contribution in [-0.4, -0.2) is 51.1 Å². The van der Waals surface area contributed by atoms with E-state index in [1.54, 1.807) is 12.1 Å². The number of aromatic hydroxyl groups is 4. The summed E-state index contributed by atoms with van der Waals surface area (Å²) >= 11 is 0. The quantitative estimate of drug-likeness (QED) is 0.0836. The summed E-state index contributed by atoms with van der Waals surface area (Å²) in [7, 11) is -2.22. The fourth-order valence-electron chi connectivity index (χ4n) is 4.56. The number of phosphoric ester groups is 1. The first-order chi connectivity index (χ1) is 21.4. The molecule has 13 heteroatoms. The maximum Gasteiger partial charge on any atom is 0.585 e. The molecule has 4 rings (SSSR count). The molecule has 0 saturated heterocycles. The van der Waals surface area contributed by atoms with Crippen molar-refractivity contribution in [2.75, 3.05) is 14.2 Å². The minimum Gasteiger partial charge on any atom is -0.507 e. The van der Waals surface area contributed by atoms with E-state index >= 15 is 0 Å². The van der Waals surface area contributed by atoms with Crippen molar-refractivity contribution in [2.45, 2.75) is 25.7 Å². The monoisotopic (exact) mass is 638 g/mol. The number of phenolic OH excluding ortho intramolecular Hbond substituents is 4. The van der Waals surface area contributed by atoms with Gasteiger partial charge in [-0.2, -0.15) is 0 Å². The van der Waals surface area contributed by atoms with Crippen molar-refractivity contribution >= 4 is 19.4 Å². The number of aryl methyl sites for hydroxylation is 2. The zero-order valence-corrected chi connectivity index (χ0v) is 25.2. The lowest BCUT2D eigenvalue weighted by molar-refractivity contribution is 0.0968. The van der Waals surface area contributed by atoms with Gasteiger partial charge in [-0.05, 0) is 72.5 Å². The molecule has 0 atom stereocenters. The number of phenols is 4. The van der Waals surface area contributed by atoms with Gasteiger partial charge in [-0.15, -0.1) is 0 Å². The lowest BCUT2D eigenvalue weighted by atomic mass is 10.0. The van der Waals surface area contributed by atoms with Crippen LogP contribution in [0.25, 0.3) is 0 Å². The molecule has 0 bridgehead atoms. The van der Waals surface area contributed by atoms with E-state index in [0.29, 0.717) is 11.1 Å². The molecule has 5 N–H and O–H groups in total. The molecular formula is C32H31O12P. The lowest BCUT2D eigenvalue weighted by Crippen LogP contribution is -2.05. The summed E-state index contributed by atoms with van der Waals surface area (Å²) in [5.41, 5.74) is 0.642. The Hall–Kier alpha value is -5.19. The van der Waals surface area contributed by atoms with Crippen LogP contribution in [0.5, 0.6) is 46.0 Å². The number of carbonyl (C=O) groups is 2. The summed E-state index contributed by atoms with van der Waals surface area (Å²) in [4.78, 5) is 36.0. The number of hydrogen-bond acceptors (Lipinski definition) is 11. The van der Waals surface area contributed by atoms with Crippen molar-refractivity contribution in [1.82, 2.24) is 0 Å². The molecular weight excluding hydrogens is 607 g/mol. The van der Waals surface area contributed by atoms with Crippen molar-refractivity contribution in [3.8, 4) is 46.0 Å². The molecule has 0 radical (unpaired) electrons. The van der Waals surface area contributed by atoms with Crippen LogP contribution < -0.4 is 18.5 Å². The van der Waals surface area contributed by atoms with E-state index in [1.165, 1.54) is 74.9 Å². The van der Waals surface area contributed by atoms with Gasteiger partial charge in [0.05, 0.1) is 14.2 Å². The molecule has 4 aromatic carbocycles. The fourth-order valence-corrected chi connectivity index (χ4v) is 5.38. The number of rotatable bonds is 14. The standard InChI is InChI=1S/C32H31O12P/c1-41-27-15-11-19(9-13-25(37)31-21(33)5-3-6-22(31)34)17-29(27)43-45(39,40)44-30-18-20(12-16-28(30)42-2)10-14-26(38)32-23(35)7-4-8-24(32)36/h3-8,11-12,15-18,33-36H,9-10,13-14H2,1-2H3,(H,39,40). The summed E-state index contributed by atoms with van der Waals surface area (Å²) in [5, 5.41) is 39.9. The molecule has 0 fully saturated rings. The van der Waals surface area contributed by atoms with Gasteiger partial charge in [-0.3, -0.25) is 14.5 Å². The normalized spacial score (nSPS) is 11.1. The van der Waals surface area contributed by atoms with Crippen molar-refractivity contribution in [3.05, 3.63) is 95.1 Å². The Bertz CT molecular complexity index is 1600. The molecule has 236 valence electrons. The van der Waals surface area contributed by atoms with Crippen LogP contribution in [-0.2, 0) is 17.4 Å². The Morgan fingerprint density at radius 1 is 0.600 bits per heavy atom. The molecule has 4 aromatic rings. The van der Waals surface area contributed by atoms with Gasteiger partial charge in [-0.25, -0.2) is 4.57 Å². The van der Waals surface area contributed by atoms with E-state index in [0.717, 1.165) is 0 Å². The van der Waals surface area contributed by atoms with Gasteiger partial charge in [0, 0.05) is 12.8 Å². The Balaban J connectivity index is 1.48. The molecule has 0 amide bonds. The SMILES string of the molecule is COc1ccc(CCC(=O)c2c(O)cccc2O)cc1OP(=O)(O)Oc1cc(CCC(=O)c2c(O)cccc2O)ccc1OC. The first kappa shape index (κ1) is 32.7. The van der Waals surface area contributed by atoms with Crippen LogP contribution in [0.2, 0.25) is 0 Å². The molecule has 12 nitrogen and oxygen atoms in total. The third kappa shape index (κ3) is 8.05. The van der Waals surface area contributed by atoms with E-state index < -0.39 is 19.4 Å². The third-order valence-electron chi connectivity index (χ3n) is 6.76. The zero-order chi connectivity index (χ0) is 32.7. The van der Waals surface area contributed by atoms with Gasteiger partial charge < -0.3 is 38.9 Å². The largest absolute Gasteiger partial charge is 0.585 e. The number of hydrogen-bond donors (Lipinski definition) is 5. The Morgan fingerprint density at radius 3 is 1.29 bits per heavy atom. The van der Waals surface area contributed by atoms with Gasteiger partial charge in [0.15, 0.2) is 34.6 Å². The van der Waals surface area contributed by atoms with Crippen molar-refractivity contribution in [3.63, 3.8) is 0 Å². The smallest absolute Gasteiger partial charge is 0.507 e. The molecule has 0 unspecified atom stereocenters. The van der Waals surface area contributed by atoms with Gasteiger partial charge in [-0.1, -0.05) is 24.3 Å². The number of ether oxygens (including phenoxy) is 2. The average Bonchev–Trinajstić information content (AvgIpc) is 2.98. The summed E-state index contributed by atoms with van der Waals surface area (Å²) < 4.78 is 34.4. The highest BCUT2D eigenvalue weighted by Gasteiger charge is 2.29. The number of benzene rings is 4. The molecule has 45 heavy (non-hydrogen) atoms. The topological polar surface area (TPSA) is 189 Å². The van der Waals surface area contributed by atoms with Crippen molar-refractivity contribution in [2.24, 2.45) is 0 Å². The van der Waals surface area contributed by atoms with E-state index in [4.69, 9.17) is 18.5 Å². The summed E-state index contributed by atoms with van der Waals surface area (Å²) in [6.45, 7) is 0. The summed E-state index contributed by atoms with van der Waals surface area (Å²) in [6.07, 6.45) is 0.0771. The number of carbonyl (C=O) groups excluding carboxylic acids is 2. The second kappa shape index (κ2) is 14.1. The van der Waals surface area contributed by atoms with Crippen LogP contribution >= 0.6 is 7.82 Å². The van der Waals surface area contributed by atoms with Gasteiger partial charge in [0.25, 0.3) is 0 Å². The third-order valence-corrected chi connectivity index (χ3v) is 7.62. The van der Waals surface area contributed by atoms with E-state index in [2.05, 4.69) is 0 Å². The van der Waals surface area contributed by atoms with Gasteiger partial charge in [0.1, 0.15) is 34.1 Å². The van der Waals surface area contributed by atoms with E-state index in [1.807, 2.05) is 0 Å². The van der Waals surface area contributed by atoms with Crippen molar-refractivity contribution < 1.29 is 58.0 Å². The average molecular weight is 639 g/mol. The molecule has 0 saturated carbocycles. The zero-order valence-electron chi connectivity index (χ0n) is 24.3. The van der Waals surface area contributed by atoms with Crippen LogP contribution in [0.4, 0.5) is 0 Å². The lowest BCUT2D eigenvalue weighted by Gasteiger charge is -2.18. The Morgan fingerprint density at radius 2 is 0.956 bits per heavy atom. The molecule has 0 heterocycles. The second-order valence-corrected chi connectivity index (χ2v) is 11.1. The van der Waals surface area contributed by atoms with E-state index in [-0.39, 0.29) is 82.8 Å². The molecule has 0 aliphatic carbocycles.